The molecule has 0 N–H and O–H groups in total. The first-order valence-corrected chi connectivity index (χ1v) is 5.14. The Bertz CT molecular complexity index is 36.5. The number of unbranched alkanes of at least 4 members (excludes halogenated alkanes) is 3. The topological polar surface area (TPSA) is 0 Å². The van der Waals surface area contributed by atoms with E-state index < -0.39 is 0 Å². The SMILES string of the molecule is CCCCCCP.[CH2-]CC.[U]. The average molecular weight is 399 g/mol. The Kier molecular flexibility index (Phi) is 37.5. The zero-order chi connectivity index (χ0) is 8.24. The minimum absolute atomic E-state index is 0. The molecule has 0 bridgehead atoms. The van der Waals surface area contributed by atoms with Crippen molar-refractivity contribution < 1.29 is 31.1 Å². The molecule has 0 spiro atoms. The van der Waals surface area contributed by atoms with Crippen LogP contribution in [0.3, 0.4) is 0 Å². The summed E-state index contributed by atoms with van der Waals surface area (Å²) in [6.45, 7) is 7.74. The van der Waals surface area contributed by atoms with Crippen LogP contribution in [-0.2, 0) is 0 Å². The van der Waals surface area contributed by atoms with E-state index in [-0.39, 0.29) is 31.1 Å². The maximum absolute atomic E-state index is 3.49. The van der Waals surface area contributed by atoms with E-state index in [4.69, 9.17) is 0 Å². The van der Waals surface area contributed by atoms with Gasteiger partial charge in [0.2, 0.25) is 0 Å². The number of hydrogen-bond donors (Lipinski definition) is 0. The molecule has 1 atom stereocenters. The zero-order valence-electron chi connectivity index (χ0n) is 8.03. The van der Waals surface area contributed by atoms with Crippen LogP contribution in [0.2, 0.25) is 0 Å². The summed E-state index contributed by atoms with van der Waals surface area (Å²) >= 11 is 0. The van der Waals surface area contributed by atoms with Gasteiger partial charge in [0.15, 0.2) is 0 Å². The molecule has 0 heterocycles. The second-order valence-corrected chi connectivity index (χ2v) is 2.93. The van der Waals surface area contributed by atoms with Crippen molar-refractivity contribution in [2.24, 2.45) is 0 Å². The normalized spacial score (nSPS) is 7.64. The molecular weight excluding hydrogens is 377 g/mol. The van der Waals surface area contributed by atoms with Crippen molar-refractivity contribution in [3.63, 3.8) is 0 Å². The smallest absolute Gasteiger partial charge is 0 e. The summed E-state index contributed by atoms with van der Waals surface area (Å²) in [5.41, 5.74) is 0. The van der Waals surface area contributed by atoms with Gasteiger partial charge in [0.05, 0.1) is 0 Å². The molecule has 1 unspecified atom stereocenters. The predicted octanol–water partition coefficient (Wildman–Crippen LogP) is 3.67. The van der Waals surface area contributed by atoms with E-state index in [9.17, 15) is 0 Å². The van der Waals surface area contributed by atoms with Crippen molar-refractivity contribution in [3.8, 4) is 0 Å². The standard InChI is InChI=1S/C6H15P.C3H7.U/c1-2-3-4-5-6-7;1-3-2;/h2-7H2,1H3;1,3H2,2H3;/q;-1;. The molecule has 0 aliphatic heterocycles. The third kappa shape index (κ3) is 34.4. The van der Waals surface area contributed by atoms with Crippen LogP contribution in [0, 0.1) is 38.0 Å². The van der Waals surface area contributed by atoms with Gasteiger partial charge in [-0.2, -0.15) is 6.42 Å². The number of rotatable bonds is 4. The van der Waals surface area contributed by atoms with Crippen molar-refractivity contribution in [2.75, 3.05) is 6.16 Å². The molecule has 0 fully saturated rings. The van der Waals surface area contributed by atoms with Crippen LogP contribution in [0.1, 0.15) is 46.0 Å². The van der Waals surface area contributed by atoms with Gasteiger partial charge in [0, 0.05) is 31.1 Å². The largest absolute Gasteiger partial charge is 0.344 e. The van der Waals surface area contributed by atoms with Gasteiger partial charge < -0.3 is 6.92 Å². The summed E-state index contributed by atoms with van der Waals surface area (Å²) in [7, 11) is 2.75. The van der Waals surface area contributed by atoms with E-state index in [1.807, 2.05) is 6.92 Å². The first kappa shape index (κ1) is 18.3. The Morgan fingerprint density at radius 2 is 1.55 bits per heavy atom. The van der Waals surface area contributed by atoms with Gasteiger partial charge >= 0.3 is 0 Å². The average Bonchev–Trinajstić information content (AvgIpc) is 1.91. The molecule has 0 nitrogen and oxygen atoms in total. The molecule has 0 aromatic rings. The summed E-state index contributed by atoms with van der Waals surface area (Å²) in [6.07, 6.45) is 7.84. The maximum atomic E-state index is 3.49. The molecule has 0 radical (unpaired) electrons. The second-order valence-electron chi connectivity index (χ2n) is 2.35. The Labute approximate surface area is 98.9 Å². The van der Waals surface area contributed by atoms with Crippen LogP contribution < -0.4 is 0 Å². The monoisotopic (exact) mass is 399 g/mol. The third-order valence-corrected chi connectivity index (χ3v) is 1.47. The van der Waals surface area contributed by atoms with Crippen LogP contribution in [0.5, 0.6) is 0 Å². The molecule has 2 heteroatoms. The summed E-state index contributed by atoms with van der Waals surface area (Å²) < 4.78 is 0. The minimum Gasteiger partial charge on any atom is -0.344 e. The van der Waals surface area contributed by atoms with Crippen molar-refractivity contribution >= 4 is 9.24 Å². The van der Waals surface area contributed by atoms with Gasteiger partial charge in [0.25, 0.3) is 0 Å². The molecule has 0 saturated heterocycles. The quantitative estimate of drug-likeness (QED) is 0.385. The van der Waals surface area contributed by atoms with Crippen LogP contribution in [0.15, 0.2) is 0 Å². The zero-order valence-corrected chi connectivity index (χ0v) is 13.3. The van der Waals surface area contributed by atoms with Crippen molar-refractivity contribution in [1.29, 1.82) is 0 Å². The van der Waals surface area contributed by atoms with Crippen LogP contribution in [-0.4, -0.2) is 6.16 Å². The van der Waals surface area contributed by atoms with Crippen LogP contribution >= 0.6 is 9.24 Å². The molecule has 0 aliphatic rings. The van der Waals surface area contributed by atoms with E-state index in [1.54, 1.807) is 0 Å². The summed E-state index contributed by atoms with van der Waals surface area (Å²) in [4.78, 5) is 0. The van der Waals surface area contributed by atoms with Gasteiger partial charge in [-0.1, -0.05) is 33.1 Å². The molecule has 0 rings (SSSR count). The summed E-state index contributed by atoms with van der Waals surface area (Å²) in [5.74, 6) is 0. The fourth-order valence-electron chi connectivity index (χ4n) is 0.571. The van der Waals surface area contributed by atoms with E-state index in [0.29, 0.717) is 0 Å². The fourth-order valence-corrected chi connectivity index (χ4v) is 0.860. The second kappa shape index (κ2) is 22.5. The van der Waals surface area contributed by atoms with Crippen LogP contribution in [0.4, 0.5) is 0 Å². The Morgan fingerprint density at radius 1 is 1.09 bits per heavy atom. The van der Waals surface area contributed by atoms with Gasteiger partial charge in [-0.05, 0) is 12.6 Å². The molecule has 0 aromatic heterocycles. The maximum Gasteiger partial charge on any atom is 0 e. The van der Waals surface area contributed by atoms with Crippen molar-refractivity contribution in [3.05, 3.63) is 6.92 Å². The Balaban J connectivity index is -0.000000140. The molecule has 68 valence electrons. The van der Waals surface area contributed by atoms with E-state index in [1.165, 1.54) is 31.8 Å². The fraction of sp³-hybridized carbons (Fsp3) is 0.889. The van der Waals surface area contributed by atoms with Gasteiger partial charge in [0.1, 0.15) is 0 Å². The van der Waals surface area contributed by atoms with Crippen molar-refractivity contribution in [2.45, 2.75) is 46.0 Å². The molecule has 0 saturated carbocycles. The Morgan fingerprint density at radius 3 is 1.82 bits per heavy atom. The molecule has 0 amide bonds. The first-order valence-electron chi connectivity index (χ1n) is 4.32. The minimum atomic E-state index is 0. The predicted molar refractivity (Wildman–Crippen MR) is 54.4 cm³/mol. The summed E-state index contributed by atoms with van der Waals surface area (Å²) in [5, 5.41) is 0. The molecule has 0 aliphatic carbocycles. The van der Waals surface area contributed by atoms with E-state index in [0.717, 1.165) is 6.42 Å². The van der Waals surface area contributed by atoms with Crippen LogP contribution in [0.25, 0.3) is 0 Å². The van der Waals surface area contributed by atoms with E-state index >= 15 is 0 Å². The van der Waals surface area contributed by atoms with Gasteiger partial charge in [-0.15, -0.1) is 9.24 Å². The molecule has 0 aromatic carbocycles. The van der Waals surface area contributed by atoms with Gasteiger partial charge in [-0.25, -0.2) is 0 Å². The first-order chi connectivity index (χ1) is 4.83. The molecular formula is C9H22PU-. The third-order valence-electron chi connectivity index (χ3n) is 1.06. The van der Waals surface area contributed by atoms with E-state index in [2.05, 4.69) is 23.1 Å². The summed E-state index contributed by atoms with van der Waals surface area (Å²) in [6, 6.07) is 0. The van der Waals surface area contributed by atoms with Crippen molar-refractivity contribution in [1.82, 2.24) is 0 Å². The van der Waals surface area contributed by atoms with Gasteiger partial charge in [-0.3, -0.25) is 0 Å². The number of hydrogen-bond acceptors (Lipinski definition) is 0. The molecule has 11 heavy (non-hydrogen) atoms. The Hall–Kier alpha value is 1.48.